The van der Waals surface area contributed by atoms with Gasteiger partial charge in [-0.1, -0.05) is 55.8 Å². The Balaban J connectivity index is 1.77. The Labute approximate surface area is 128 Å². The van der Waals surface area contributed by atoms with Crippen LogP contribution in [0.15, 0.2) is 28.8 Å². The Hall–Kier alpha value is -2.57. The van der Waals surface area contributed by atoms with Crippen molar-refractivity contribution in [2.24, 2.45) is 0 Å². The third-order valence-electron chi connectivity index (χ3n) is 3.16. The molecule has 114 valence electrons. The van der Waals surface area contributed by atoms with Crippen molar-refractivity contribution in [3.63, 3.8) is 0 Å². The van der Waals surface area contributed by atoms with Crippen LogP contribution in [0.2, 0.25) is 0 Å². The number of benzene rings is 1. The highest BCUT2D eigenvalue weighted by molar-refractivity contribution is 5.53. The summed E-state index contributed by atoms with van der Waals surface area (Å²) in [4.78, 5) is 5.83. The highest BCUT2D eigenvalue weighted by atomic mass is 16.5. The van der Waals surface area contributed by atoms with Gasteiger partial charge in [0.05, 0.1) is 0 Å². The lowest BCUT2D eigenvalue weighted by Gasteiger charge is -2.10. The van der Waals surface area contributed by atoms with Gasteiger partial charge in [0, 0.05) is 11.0 Å². The fourth-order valence-corrected chi connectivity index (χ4v) is 1.88. The maximum Gasteiger partial charge on any atom is 0.232 e. The summed E-state index contributed by atoms with van der Waals surface area (Å²) in [6.07, 6.45) is 0. The molecule has 7 heteroatoms. The van der Waals surface area contributed by atoms with Crippen LogP contribution in [-0.2, 0) is 12.0 Å². The van der Waals surface area contributed by atoms with E-state index in [1.807, 2.05) is 52.0 Å². The Morgan fingerprint density at radius 2 is 1.86 bits per heavy atom. The second-order valence-corrected chi connectivity index (χ2v) is 6.28. The molecule has 0 radical (unpaired) electrons. The molecule has 0 N–H and O–H groups in total. The number of aryl methyl sites for hydroxylation is 1. The molecule has 3 rings (SSSR count). The molecule has 0 unspecified atom stereocenters. The van der Waals surface area contributed by atoms with E-state index < -0.39 is 0 Å². The van der Waals surface area contributed by atoms with E-state index in [4.69, 9.17) is 4.52 Å². The van der Waals surface area contributed by atoms with E-state index in [9.17, 15) is 0 Å². The zero-order valence-electron chi connectivity index (χ0n) is 13.1. The van der Waals surface area contributed by atoms with Crippen LogP contribution in [0.1, 0.15) is 38.0 Å². The summed E-state index contributed by atoms with van der Waals surface area (Å²) in [5.74, 6) is 1.72. The van der Waals surface area contributed by atoms with Crippen LogP contribution in [0.3, 0.4) is 0 Å². The maximum atomic E-state index is 5.26. The van der Waals surface area contributed by atoms with Crippen LogP contribution in [0, 0.1) is 6.92 Å². The fraction of sp³-hybridized carbons (Fsp3) is 0.400. The van der Waals surface area contributed by atoms with Crippen molar-refractivity contribution in [2.75, 3.05) is 0 Å². The van der Waals surface area contributed by atoms with E-state index in [-0.39, 0.29) is 5.41 Å². The van der Waals surface area contributed by atoms with E-state index >= 15 is 0 Å². The smallest absolute Gasteiger partial charge is 0.232 e. The summed E-state index contributed by atoms with van der Waals surface area (Å²) in [7, 11) is 0. The second-order valence-electron chi connectivity index (χ2n) is 6.28. The first-order chi connectivity index (χ1) is 10.4. The second kappa shape index (κ2) is 5.32. The molecule has 0 aliphatic carbocycles. The topological polar surface area (TPSA) is 82.5 Å². The standard InChI is InChI=1S/C15H18N6O/c1-10-5-7-11(8-6-10)13-17-20-21(18-13)9-12-16-14(22-19-12)15(2,3)4/h5-8H,9H2,1-4H3. The average molecular weight is 298 g/mol. The van der Waals surface area contributed by atoms with Crippen molar-refractivity contribution in [3.8, 4) is 11.4 Å². The Kier molecular flexibility index (Phi) is 3.48. The molecule has 0 spiro atoms. The highest BCUT2D eigenvalue weighted by Gasteiger charge is 2.22. The molecule has 0 fully saturated rings. The van der Waals surface area contributed by atoms with Gasteiger partial charge in [0.2, 0.25) is 11.7 Å². The molecule has 0 amide bonds. The Morgan fingerprint density at radius 1 is 1.14 bits per heavy atom. The zero-order valence-corrected chi connectivity index (χ0v) is 13.1. The average Bonchev–Trinajstić information content (AvgIpc) is 3.09. The number of tetrazole rings is 1. The zero-order chi connectivity index (χ0) is 15.7. The summed E-state index contributed by atoms with van der Waals surface area (Å²) in [5.41, 5.74) is 1.95. The number of rotatable bonds is 3. The quantitative estimate of drug-likeness (QED) is 0.738. The fourth-order valence-electron chi connectivity index (χ4n) is 1.88. The van der Waals surface area contributed by atoms with Gasteiger partial charge in [-0.2, -0.15) is 9.78 Å². The van der Waals surface area contributed by atoms with Gasteiger partial charge < -0.3 is 4.52 Å². The SMILES string of the molecule is Cc1ccc(-c2nnn(Cc3noc(C(C)(C)C)n3)n2)cc1. The first-order valence-corrected chi connectivity index (χ1v) is 7.10. The number of hydrogen-bond acceptors (Lipinski definition) is 6. The van der Waals surface area contributed by atoms with Crippen LogP contribution in [0.4, 0.5) is 0 Å². The normalized spacial score (nSPS) is 11.8. The van der Waals surface area contributed by atoms with Crippen LogP contribution in [-0.4, -0.2) is 30.3 Å². The molecule has 2 aromatic heterocycles. The lowest BCUT2D eigenvalue weighted by molar-refractivity contribution is 0.317. The minimum absolute atomic E-state index is 0.173. The van der Waals surface area contributed by atoms with E-state index in [1.165, 1.54) is 10.4 Å². The molecule has 0 aliphatic rings. The van der Waals surface area contributed by atoms with Crippen LogP contribution in [0.5, 0.6) is 0 Å². The molecule has 0 bridgehead atoms. The minimum Gasteiger partial charge on any atom is -0.339 e. The predicted molar refractivity (Wildman–Crippen MR) is 80.1 cm³/mol. The van der Waals surface area contributed by atoms with Crippen LogP contribution < -0.4 is 0 Å². The summed E-state index contributed by atoms with van der Waals surface area (Å²) in [5, 5.41) is 16.4. The summed E-state index contributed by atoms with van der Waals surface area (Å²) in [6.45, 7) is 8.43. The summed E-state index contributed by atoms with van der Waals surface area (Å²) >= 11 is 0. The molecule has 1 aromatic carbocycles. The third kappa shape index (κ3) is 3.03. The van der Waals surface area contributed by atoms with Gasteiger partial charge >= 0.3 is 0 Å². The molecule has 0 saturated heterocycles. The monoisotopic (exact) mass is 298 g/mol. The molecular weight excluding hydrogens is 280 g/mol. The first kappa shape index (κ1) is 14.4. The van der Waals surface area contributed by atoms with E-state index in [0.717, 1.165) is 5.56 Å². The van der Waals surface area contributed by atoms with E-state index in [2.05, 4.69) is 25.6 Å². The number of nitrogens with zero attached hydrogens (tertiary/aromatic N) is 6. The van der Waals surface area contributed by atoms with E-state index in [0.29, 0.717) is 24.1 Å². The first-order valence-electron chi connectivity index (χ1n) is 7.10. The van der Waals surface area contributed by atoms with Crippen LogP contribution >= 0.6 is 0 Å². The van der Waals surface area contributed by atoms with Crippen molar-refractivity contribution in [1.29, 1.82) is 0 Å². The van der Waals surface area contributed by atoms with Crippen molar-refractivity contribution in [3.05, 3.63) is 41.5 Å². The van der Waals surface area contributed by atoms with Gasteiger partial charge in [-0.15, -0.1) is 10.2 Å². The van der Waals surface area contributed by atoms with Gasteiger partial charge in [0.15, 0.2) is 5.82 Å². The van der Waals surface area contributed by atoms with Crippen molar-refractivity contribution >= 4 is 0 Å². The van der Waals surface area contributed by atoms with Crippen molar-refractivity contribution in [2.45, 2.75) is 39.7 Å². The number of aromatic nitrogens is 6. The predicted octanol–water partition coefficient (Wildman–Crippen LogP) is 2.38. The lowest BCUT2D eigenvalue weighted by Crippen LogP contribution is -2.12. The van der Waals surface area contributed by atoms with Gasteiger partial charge in [-0.05, 0) is 12.1 Å². The largest absolute Gasteiger partial charge is 0.339 e. The summed E-state index contributed by atoms with van der Waals surface area (Å²) < 4.78 is 5.26. The van der Waals surface area contributed by atoms with E-state index in [1.54, 1.807) is 0 Å². The lowest BCUT2D eigenvalue weighted by atomic mass is 9.97. The number of hydrogen-bond donors (Lipinski definition) is 0. The molecular formula is C15H18N6O. The Morgan fingerprint density at radius 3 is 2.50 bits per heavy atom. The van der Waals surface area contributed by atoms with Gasteiger partial charge in [0.25, 0.3) is 0 Å². The minimum atomic E-state index is -0.173. The summed E-state index contributed by atoms with van der Waals surface area (Å²) in [6, 6.07) is 7.99. The van der Waals surface area contributed by atoms with Gasteiger partial charge in [0.1, 0.15) is 6.54 Å². The Bertz CT molecular complexity index is 766. The molecule has 7 nitrogen and oxygen atoms in total. The highest BCUT2D eigenvalue weighted by Crippen LogP contribution is 2.20. The van der Waals surface area contributed by atoms with Crippen molar-refractivity contribution < 1.29 is 4.52 Å². The molecule has 0 aliphatic heterocycles. The third-order valence-corrected chi connectivity index (χ3v) is 3.16. The van der Waals surface area contributed by atoms with Gasteiger partial charge in [-0.3, -0.25) is 0 Å². The van der Waals surface area contributed by atoms with Gasteiger partial charge in [-0.25, -0.2) is 0 Å². The molecule has 2 heterocycles. The molecule has 0 saturated carbocycles. The molecule has 22 heavy (non-hydrogen) atoms. The molecule has 0 atom stereocenters. The molecule has 3 aromatic rings. The van der Waals surface area contributed by atoms with Crippen molar-refractivity contribution in [1.82, 2.24) is 30.3 Å². The maximum absolute atomic E-state index is 5.26. The van der Waals surface area contributed by atoms with Crippen LogP contribution in [0.25, 0.3) is 11.4 Å².